The number of anilines is 1. The normalized spacial score (nSPS) is 10.6. The van der Waals surface area contributed by atoms with Crippen molar-refractivity contribution in [1.82, 2.24) is 0 Å². The van der Waals surface area contributed by atoms with Crippen LogP contribution < -0.4 is 5.73 Å². The zero-order valence-electron chi connectivity index (χ0n) is 9.72. The molecule has 0 aliphatic carbocycles. The van der Waals surface area contributed by atoms with Crippen molar-refractivity contribution in [2.45, 2.75) is 13.8 Å². The second kappa shape index (κ2) is 4.17. The van der Waals surface area contributed by atoms with E-state index in [4.69, 9.17) is 5.73 Å². The summed E-state index contributed by atoms with van der Waals surface area (Å²) in [6.45, 7) is 3.52. The van der Waals surface area contributed by atoms with Crippen molar-refractivity contribution in [3.8, 4) is 11.1 Å². The fraction of sp³-hybridized carbons (Fsp3) is 0.143. The minimum absolute atomic E-state index is 0.312. The second-order valence-corrected chi connectivity index (χ2v) is 4.15. The summed E-state index contributed by atoms with van der Waals surface area (Å²) in [6, 6.07) is 7.19. The molecule has 0 radical (unpaired) electrons. The van der Waals surface area contributed by atoms with Crippen LogP contribution in [0.2, 0.25) is 0 Å². The van der Waals surface area contributed by atoms with Crippen LogP contribution in [0.1, 0.15) is 11.1 Å². The molecule has 1 nitrogen and oxygen atoms in total. The Bertz CT molecular complexity index is 553. The van der Waals surface area contributed by atoms with Crippen LogP contribution in [0.3, 0.4) is 0 Å². The smallest absolute Gasteiger partial charge is 0.131 e. The zero-order chi connectivity index (χ0) is 12.6. The molecule has 0 saturated heterocycles. The van der Waals surface area contributed by atoms with E-state index in [1.165, 1.54) is 24.3 Å². The Morgan fingerprint density at radius 3 is 2.12 bits per heavy atom. The Balaban J connectivity index is 2.72. The van der Waals surface area contributed by atoms with E-state index in [1.807, 2.05) is 0 Å². The molecule has 0 aliphatic heterocycles. The zero-order valence-corrected chi connectivity index (χ0v) is 9.72. The first kappa shape index (κ1) is 11.6. The van der Waals surface area contributed by atoms with Gasteiger partial charge in [-0.15, -0.1) is 0 Å². The third kappa shape index (κ3) is 2.13. The van der Waals surface area contributed by atoms with Gasteiger partial charge >= 0.3 is 0 Å². The summed E-state index contributed by atoms with van der Waals surface area (Å²) in [5.74, 6) is -0.662. The summed E-state index contributed by atoms with van der Waals surface area (Å²) in [6.07, 6.45) is 0. The fourth-order valence-corrected chi connectivity index (χ4v) is 2.07. The number of nitrogens with two attached hydrogens (primary N) is 1. The lowest BCUT2D eigenvalue weighted by Crippen LogP contribution is -1.95. The highest BCUT2D eigenvalue weighted by molar-refractivity contribution is 5.73. The number of aryl methyl sites for hydroxylation is 2. The van der Waals surface area contributed by atoms with Gasteiger partial charge in [0.2, 0.25) is 0 Å². The molecule has 0 amide bonds. The summed E-state index contributed by atoms with van der Waals surface area (Å²) in [5.41, 5.74) is 8.67. The van der Waals surface area contributed by atoms with Crippen LogP contribution in [-0.2, 0) is 0 Å². The number of hydrogen-bond donors (Lipinski definition) is 1. The number of halogens is 2. The first-order valence-electron chi connectivity index (χ1n) is 5.31. The van der Waals surface area contributed by atoms with Gasteiger partial charge in [-0.1, -0.05) is 0 Å². The minimum Gasteiger partial charge on any atom is -0.399 e. The molecule has 0 heterocycles. The van der Waals surface area contributed by atoms with E-state index in [-0.39, 0.29) is 11.6 Å². The average Bonchev–Trinajstić information content (AvgIpc) is 2.21. The summed E-state index contributed by atoms with van der Waals surface area (Å²) >= 11 is 0. The van der Waals surface area contributed by atoms with Gasteiger partial charge < -0.3 is 5.73 Å². The summed E-state index contributed by atoms with van der Waals surface area (Å²) in [7, 11) is 0. The molecule has 2 aromatic rings. The van der Waals surface area contributed by atoms with Gasteiger partial charge in [-0.2, -0.15) is 0 Å². The molecular weight excluding hydrogens is 220 g/mol. The second-order valence-electron chi connectivity index (χ2n) is 4.15. The van der Waals surface area contributed by atoms with Crippen LogP contribution in [0, 0.1) is 25.5 Å². The van der Waals surface area contributed by atoms with E-state index in [1.54, 1.807) is 19.9 Å². The van der Waals surface area contributed by atoms with Crippen LogP contribution in [0.25, 0.3) is 11.1 Å². The lowest BCUT2D eigenvalue weighted by atomic mass is 9.95. The topological polar surface area (TPSA) is 26.0 Å². The third-order valence-electron chi connectivity index (χ3n) is 2.76. The van der Waals surface area contributed by atoms with E-state index in [0.29, 0.717) is 27.9 Å². The van der Waals surface area contributed by atoms with Crippen molar-refractivity contribution in [2.24, 2.45) is 0 Å². The highest BCUT2D eigenvalue weighted by Crippen LogP contribution is 2.31. The van der Waals surface area contributed by atoms with Crippen molar-refractivity contribution in [2.75, 3.05) is 5.73 Å². The molecule has 0 aromatic heterocycles. The Hall–Kier alpha value is -1.90. The first-order valence-corrected chi connectivity index (χ1v) is 5.31. The highest BCUT2D eigenvalue weighted by atomic mass is 19.1. The molecule has 0 bridgehead atoms. The number of hydrogen-bond acceptors (Lipinski definition) is 1. The van der Waals surface area contributed by atoms with E-state index < -0.39 is 0 Å². The van der Waals surface area contributed by atoms with E-state index in [9.17, 15) is 8.78 Å². The van der Waals surface area contributed by atoms with Crippen molar-refractivity contribution in [3.63, 3.8) is 0 Å². The van der Waals surface area contributed by atoms with Gasteiger partial charge in [-0.05, 0) is 60.9 Å². The van der Waals surface area contributed by atoms with Gasteiger partial charge in [0.25, 0.3) is 0 Å². The Morgan fingerprint density at radius 1 is 0.941 bits per heavy atom. The van der Waals surface area contributed by atoms with E-state index in [0.717, 1.165) is 0 Å². The first-order chi connectivity index (χ1) is 7.99. The fourth-order valence-electron chi connectivity index (χ4n) is 2.07. The molecule has 3 heteroatoms. The minimum atomic E-state index is -0.350. The molecule has 17 heavy (non-hydrogen) atoms. The molecule has 0 atom stereocenters. The summed E-state index contributed by atoms with van der Waals surface area (Å²) in [4.78, 5) is 0. The van der Waals surface area contributed by atoms with Crippen LogP contribution >= 0.6 is 0 Å². The maximum absolute atomic E-state index is 13.8. The molecule has 0 saturated carbocycles. The van der Waals surface area contributed by atoms with Crippen molar-refractivity contribution in [1.29, 1.82) is 0 Å². The monoisotopic (exact) mass is 233 g/mol. The van der Waals surface area contributed by atoms with Gasteiger partial charge in [0, 0.05) is 11.3 Å². The molecule has 88 valence electrons. The van der Waals surface area contributed by atoms with Gasteiger partial charge in [0.05, 0.1) is 0 Å². The van der Waals surface area contributed by atoms with Crippen LogP contribution in [-0.4, -0.2) is 0 Å². The molecule has 0 fully saturated rings. The van der Waals surface area contributed by atoms with Crippen molar-refractivity contribution < 1.29 is 8.78 Å². The molecule has 0 unspecified atom stereocenters. The van der Waals surface area contributed by atoms with Crippen molar-refractivity contribution >= 4 is 5.69 Å². The third-order valence-corrected chi connectivity index (χ3v) is 2.76. The maximum Gasteiger partial charge on any atom is 0.131 e. The van der Waals surface area contributed by atoms with Gasteiger partial charge in [-0.3, -0.25) is 0 Å². The lowest BCUT2D eigenvalue weighted by Gasteiger charge is -2.12. The molecule has 0 aliphatic rings. The van der Waals surface area contributed by atoms with Gasteiger partial charge in [-0.25, -0.2) is 8.78 Å². The molecule has 2 N–H and O–H groups in total. The summed E-state index contributed by atoms with van der Waals surface area (Å²) < 4.78 is 27.0. The van der Waals surface area contributed by atoms with Crippen molar-refractivity contribution in [3.05, 3.63) is 53.1 Å². The predicted octanol–water partition coefficient (Wildman–Crippen LogP) is 3.83. The Morgan fingerprint density at radius 2 is 1.53 bits per heavy atom. The average molecular weight is 233 g/mol. The number of benzene rings is 2. The van der Waals surface area contributed by atoms with Crippen LogP contribution in [0.5, 0.6) is 0 Å². The molecule has 0 spiro atoms. The van der Waals surface area contributed by atoms with Gasteiger partial charge in [0.15, 0.2) is 0 Å². The standard InChI is InChI=1S/C14H13F2N/c1-8-5-10(15)6-9(2)14(8)12-7-11(17)3-4-13(12)16/h3-7H,17H2,1-2H3. The highest BCUT2D eigenvalue weighted by Gasteiger charge is 2.12. The Labute approximate surface area is 98.9 Å². The van der Waals surface area contributed by atoms with E-state index >= 15 is 0 Å². The molecule has 2 rings (SSSR count). The predicted molar refractivity (Wildman–Crippen MR) is 65.7 cm³/mol. The Kier molecular flexibility index (Phi) is 2.84. The largest absolute Gasteiger partial charge is 0.399 e. The molecular formula is C14H13F2N. The number of rotatable bonds is 1. The quantitative estimate of drug-likeness (QED) is 0.744. The number of nitrogen functional groups attached to an aromatic ring is 1. The van der Waals surface area contributed by atoms with Crippen LogP contribution in [0.15, 0.2) is 30.3 Å². The van der Waals surface area contributed by atoms with Gasteiger partial charge in [0.1, 0.15) is 11.6 Å². The van der Waals surface area contributed by atoms with E-state index in [2.05, 4.69) is 0 Å². The SMILES string of the molecule is Cc1cc(F)cc(C)c1-c1cc(N)ccc1F. The van der Waals surface area contributed by atoms with Crippen LogP contribution in [0.4, 0.5) is 14.5 Å². The molecule has 2 aromatic carbocycles. The lowest BCUT2D eigenvalue weighted by molar-refractivity contribution is 0.623. The maximum atomic E-state index is 13.8. The summed E-state index contributed by atoms with van der Waals surface area (Å²) in [5, 5.41) is 0.